The van der Waals surface area contributed by atoms with Crippen LogP contribution in [-0.2, 0) is 4.74 Å². The summed E-state index contributed by atoms with van der Waals surface area (Å²) in [7, 11) is 3.45. The first-order valence-corrected chi connectivity index (χ1v) is 9.18. The molecule has 0 saturated carbocycles. The fourth-order valence-electron chi connectivity index (χ4n) is 3.11. The van der Waals surface area contributed by atoms with Gasteiger partial charge in [-0.1, -0.05) is 0 Å². The quantitative estimate of drug-likeness (QED) is 0.831. The molecule has 0 radical (unpaired) electrons. The lowest BCUT2D eigenvalue weighted by Gasteiger charge is -2.28. The summed E-state index contributed by atoms with van der Waals surface area (Å²) >= 11 is 1.46. The van der Waals surface area contributed by atoms with E-state index in [4.69, 9.17) is 4.74 Å². The second-order valence-corrected chi connectivity index (χ2v) is 7.20. The summed E-state index contributed by atoms with van der Waals surface area (Å²) in [5.41, 5.74) is 0.991. The van der Waals surface area contributed by atoms with Crippen LogP contribution in [0.15, 0.2) is 6.33 Å². The van der Waals surface area contributed by atoms with E-state index in [2.05, 4.69) is 14.9 Å². The van der Waals surface area contributed by atoms with Gasteiger partial charge in [0.15, 0.2) is 0 Å². The van der Waals surface area contributed by atoms with Gasteiger partial charge in [0.2, 0.25) is 0 Å². The summed E-state index contributed by atoms with van der Waals surface area (Å²) < 4.78 is 5.07. The zero-order valence-corrected chi connectivity index (χ0v) is 15.4. The van der Waals surface area contributed by atoms with Gasteiger partial charge in [-0.25, -0.2) is 9.97 Å². The van der Waals surface area contributed by atoms with Crippen LogP contribution in [0.4, 0.5) is 5.82 Å². The maximum Gasteiger partial charge on any atom is 0.264 e. The van der Waals surface area contributed by atoms with Gasteiger partial charge in [-0.3, -0.25) is 4.79 Å². The van der Waals surface area contributed by atoms with Gasteiger partial charge >= 0.3 is 0 Å². The van der Waals surface area contributed by atoms with E-state index in [0.717, 1.165) is 39.6 Å². The summed E-state index contributed by atoms with van der Waals surface area (Å²) in [6.45, 7) is 5.17. The second kappa shape index (κ2) is 7.44. The minimum absolute atomic E-state index is 0.0251. The lowest BCUT2D eigenvalue weighted by Crippen LogP contribution is -2.30. The van der Waals surface area contributed by atoms with Crippen molar-refractivity contribution in [1.29, 1.82) is 0 Å². The molecule has 1 aliphatic heterocycles. The van der Waals surface area contributed by atoms with Crippen LogP contribution in [0.3, 0.4) is 0 Å². The maximum atomic E-state index is 12.7. The molecular weight excluding hydrogens is 324 g/mol. The van der Waals surface area contributed by atoms with E-state index in [-0.39, 0.29) is 5.91 Å². The molecule has 3 heterocycles. The minimum atomic E-state index is 0.0251. The Kier molecular flexibility index (Phi) is 5.30. The Morgan fingerprint density at radius 3 is 2.79 bits per heavy atom. The maximum absolute atomic E-state index is 12.7. The Labute approximate surface area is 146 Å². The van der Waals surface area contributed by atoms with E-state index in [1.165, 1.54) is 30.6 Å². The van der Waals surface area contributed by atoms with Crippen LogP contribution in [0.25, 0.3) is 10.2 Å². The third-order valence-corrected chi connectivity index (χ3v) is 5.72. The van der Waals surface area contributed by atoms with Crippen LogP contribution in [0.5, 0.6) is 0 Å². The fourth-order valence-corrected chi connectivity index (χ4v) is 4.24. The lowest BCUT2D eigenvalue weighted by atomic mass is 10.1. The first-order valence-electron chi connectivity index (χ1n) is 8.37. The van der Waals surface area contributed by atoms with Crippen molar-refractivity contribution < 1.29 is 9.53 Å². The van der Waals surface area contributed by atoms with Crippen molar-refractivity contribution in [3.63, 3.8) is 0 Å². The van der Waals surface area contributed by atoms with Gasteiger partial charge in [0.25, 0.3) is 5.91 Å². The molecule has 0 aromatic carbocycles. The molecule has 3 rings (SSSR count). The van der Waals surface area contributed by atoms with E-state index in [1.54, 1.807) is 18.3 Å². The number of likely N-dealkylation sites (N-methyl/N-ethyl adjacent to an activating group) is 1. The average Bonchev–Trinajstić information content (AvgIpc) is 2.96. The molecule has 2 aromatic rings. The third-order valence-electron chi connectivity index (χ3n) is 4.53. The van der Waals surface area contributed by atoms with Crippen molar-refractivity contribution >= 4 is 33.3 Å². The number of fused-ring (bicyclic) bond motifs is 1. The van der Waals surface area contributed by atoms with Crippen LogP contribution >= 0.6 is 11.3 Å². The van der Waals surface area contributed by atoms with Crippen molar-refractivity contribution in [2.45, 2.75) is 26.2 Å². The average molecular weight is 348 g/mol. The number of nitrogens with zero attached hydrogens (tertiary/aromatic N) is 4. The molecule has 2 aromatic heterocycles. The highest BCUT2D eigenvalue weighted by Gasteiger charge is 2.24. The molecule has 1 fully saturated rings. The van der Waals surface area contributed by atoms with Gasteiger partial charge < -0.3 is 14.5 Å². The van der Waals surface area contributed by atoms with Crippen LogP contribution in [0, 0.1) is 6.92 Å². The number of carbonyl (C=O) groups excluding carboxylic acids is 1. The molecule has 6 nitrogen and oxygen atoms in total. The van der Waals surface area contributed by atoms with Crippen LogP contribution < -0.4 is 4.90 Å². The molecule has 0 aliphatic carbocycles. The molecule has 130 valence electrons. The van der Waals surface area contributed by atoms with Crippen molar-refractivity contribution in [2.24, 2.45) is 0 Å². The Hall–Kier alpha value is -1.73. The number of aromatic nitrogens is 2. The number of anilines is 1. The zero-order chi connectivity index (χ0) is 17.1. The summed E-state index contributed by atoms with van der Waals surface area (Å²) in [4.78, 5) is 27.4. The molecule has 0 spiro atoms. The molecule has 7 heteroatoms. The van der Waals surface area contributed by atoms with Crippen molar-refractivity contribution in [3.8, 4) is 0 Å². The van der Waals surface area contributed by atoms with E-state index < -0.39 is 0 Å². The van der Waals surface area contributed by atoms with E-state index in [1.807, 2.05) is 14.0 Å². The molecule has 0 bridgehead atoms. The van der Waals surface area contributed by atoms with Gasteiger partial charge in [0, 0.05) is 33.8 Å². The minimum Gasteiger partial charge on any atom is -0.383 e. The van der Waals surface area contributed by atoms with Gasteiger partial charge in [-0.15, -0.1) is 11.3 Å². The Morgan fingerprint density at radius 1 is 1.33 bits per heavy atom. The predicted octanol–water partition coefficient (Wildman–Crippen LogP) is 2.71. The Bertz CT molecular complexity index is 725. The van der Waals surface area contributed by atoms with Crippen molar-refractivity contribution in [2.75, 3.05) is 45.3 Å². The fraction of sp³-hybridized carbons (Fsp3) is 0.588. The highest BCUT2D eigenvalue weighted by atomic mass is 32.1. The van der Waals surface area contributed by atoms with Gasteiger partial charge in [0.1, 0.15) is 17.0 Å². The SMILES string of the molecule is COCCN(C)C(=O)c1sc2ncnc(N3CCCCC3)c2c1C. The number of thiophene rings is 1. The van der Waals surface area contributed by atoms with E-state index in [0.29, 0.717) is 13.2 Å². The van der Waals surface area contributed by atoms with Crippen molar-refractivity contribution in [3.05, 3.63) is 16.8 Å². The zero-order valence-electron chi connectivity index (χ0n) is 14.5. The number of methoxy groups -OCH3 is 1. The van der Waals surface area contributed by atoms with E-state index >= 15 is 0 Å². The molecule has 0 atom stereocenters. The van der Waals surface area contributed by atoms with Crippen LogP contribution in [0.1, 0.15) is 34.5 Å². The highest BCUT2D eigenvalue weighted by Crippen LogP contribution is 2.36. The first-order chi connectivity index (χ1) is 11.6. The summed E-state index contributed by atoms with van der Waals surface area (Å²) in [6.07, 6.45) is 5.28. The van der Waals surface area contributed by atoms with Crippen LogP contribution in [0.2, 0.25) is 0 Å². The number of aryl methyl sites for hydroxylation is 1. The number of rotatable bonds is 5. The summed E-state index contributed by atoms with van der Waals surface area (Å²) in [5.74, 6) is 1.00. The largest absolute Gasteiger partial charge is 0.383 e. The van der Waals surface area contributed by atoms with E-state index in [9.17, 15) is 4.79 Å². The topological polar surface area (TPSA) is 58.6 Å². The van der Waals surface area contributed by atoms with Crippen molar-refractivity contribution in [1.82, 2.24) is 14.9 Å². The van der Waals surface area contributed by atoms with Gasteiger partial charge in [-0.2, -0.15) is 0 Å². The third kappa shape index (κ3) is 3.23. The first kappa shape index (κ1) is 17.1. The molecule has 1 amide bonds. The van der Waals surface area contributed by atoms with Gasteiger partial charge in [0.05, 0.1) is 16.9 Å². The lowest BCUT2D eigenvalue weighted by molar-refractivity contribution is 0.0748. The number of ether oxygens (including phenoxy) is 1. The number of amides is 1. The normalized spacial score (nSPS) is 15.0. The second-order valence-electron chi connectivity index (χ2n) is 6.20. The number of piperidine rings is 1. The summed E-state index contributed by atoms with van der Waals surface area (Å²) in [5, 5.41) is 1.04. The van der Waals surface area contributed by atoms with Gasteiger partial charge in [-0.05, 0) is 31.7 Å². The van der Waals surface area contributed by atoms with Crippen LogP contribution in [-0.4, -0.2) is 61.2 Å². The molecule has 0 N–H and O–H groups in total. The monoisotopic (exact) mass is 348 g/mol. The number of hydrogen-bond donors (Lipinski definition) is 0. The molecule has 1 aliphatic rings. The predicted molar refractivity (Wildman–Crippen MR) is 97.1 cm³/mol. The number of hydrogen-bond acceptors (Lipinski definition) is 6. The Balaban J connectivity index is 1.96. The molecule has 0 unspecified atom stereocenters. The molecule has 1 saturated heterocycles. The smallest absolute Gasteiger partial charge is 0.264 e. The summed E-state index contributed by atoms with van der Waals surface area (Å²) in [6, 6.07) is 0. The highest BCUT2D eigenvalue weighted by molar-refractivity contribution is 7.20. The number of carbonyl (C=O) groups is 1. The standard InChI is InChI=1S/C17H24N4O2S/c1-12-13-15(21-7-5-4-6-8-21)18-11-19-16(13)24-14(12)17(22)20(2)9-10-23-3/h11H,4-10H2,1-3H3. The molecular formula is C17H24N4O2S. The molecule has 24 heavy (non-hydrogen) atoms. The Morgan fingerprint density at radius 2 is 2.08 bits per heavy atom.